The molecule has 1 N–H and O–H groups in total. The summed E-state index contributed by atoms with van der Waals surface area (Å²) < 4.78 is 26.5. The molecule has 0 bridgehead atoms. The molecule has 0 radical (unpaired) electrons. The summed E-state index contributed by atoms with van der Waals surface area (Å²) in [6.45, 7) is 0.224. The largest absolute Gasteiger partial charge is 0.304 e. The minimum absolute atomic E-state index is 0.0581. The van der Waals surface area contributed by atoms with Crippen LogP contribution in [0.3, 0.4) is 0 Å². The number of hydrogen-bond acceptors (Lipinski definition) is 2. The summed E-state index contributed by atoms with van der Waals surface area (Å²) in [6, 6.07) is 4.29. The fourth-order valence-corrected chi connectivity index (χ4v) is 2.31. The molecule has 2 rings (SSSR count). The van der Waals surface area contributed by atoms with Gasteiger partial charge in [-0.2, -0.15) is 0 Å². The number of nitrogens with one attached hydrogen (secondary N) is 1. The average Bonchev–Trinajstić information content (AvgIpc) is 2.77. The molecule has 0 aromatic heterocycles. The Morgan fingerprint density at radius 2 is 2.28 bits per heavy atom. The number of carbonyl (C=O) groups excluding carboxylic acids is 1. The molecule has 18 heavy (non-hydrogen) atoms. The normalized spacial score (nSPS) is 23.3. The molecule has 2 nitrogen and oxygen atoms in total. The number of rotatable bonds is 4. The van der Waals surface area contributed by atoms with Crippen LogP contribution in [0.25, 0.3) is 0 Å². The number of ketones is 1. The van der Waals surface area contributed by atoms with Crippen LogP contribution in [0.5, 0.6) is 0 Å². The Morgan fingerprint density at radius 3 is 2.94 bits per heavy atom. The minimum Gasteiger partial charge on any atom is -0.304 e. The van der Waals surface area contributed by atoms with Crippen LogP contribution in [0.15, 0.2) is 18.2 Å². The fraction of sp³-hybridized carbons (Fsp3) is 0.462. The molecule has 1 aromatic carbocycles. The molecule has 0 unspecified atom stereocenters. The SMILES string of the molecule is O=C(CCc1cccc(Cl)c1F)[C@@H]1C[C@@H](F)CN1. The van der Waals surface area contributed by atoms with Crippen LogP contribution in [-0.4, -0.2) is 24.5 Å². The zero-order chi connectivity index (χ0) is 13.1. The molecular formula is C13H14ClF2NO. The van der Waals surface area contributed by atoms with Gasteiger partial charge in [-0.15, -0.1) is 0 Å². The lowest BCUT2D eigenvalue weighted by Gasteiger charge is -2.09. The first-order valence-electron chi connectivity index (χ1n) is 5.91. The van der Waals surface area contributed by atoms with Crippen LogP contribution in [-0.2, 0) is 11.2 Å². The second-order valence-electron chi connectivity index (χ2n) is 4.47. The summed E-state index contributed by atoms with van der Waals surface area (Å²) in [4.78, 5) is 11.8. The number of Topliss-reactive ketones (excluding diaryl/α,β-unsaturated/α-hetero) is 1. The lowest BCUT2D eigenvalue weighted by atomic mass is 10.0. The van der Waals surface area contributed by atoms with Crippen LogP contribution < -0.4 is 5.32 Å². The Balaban J connectivity index is 1.91. The molecular weight excluding hydrogens is 260 g/mol. The Morgan fingerprint density at radius 1 is 1.50 bits per heavy atom. The van der Waals surface area contributed by atoms with Crippen LogP contribution >= 0.6 is 11.6 Å². The van der Waals surface area contributed by atoms with Crippen molar-refractivity contribution in [3.63, 3.8) is 0 Å². The highest BCUT2D eigenvalue weighted by atomic mass is 35.5. The number of halogens is 3. The van der Waals surface area contributed by atoms with Gasteiger partial charge in [0.1, 0.15) is 17.8 Å². The molecule has 0 amide bonds. The summed E-state index contributed by atoms with van der Waals surface area (Å²) in [7, 11) is 0. The van der Waals surface area contributed by atoms with Crippen LogP contribution in [0.4, 0.5) is 8.78 Å². The van der Waals surface area contributed by atoms with Crippen molar-refractivity contribution in [1.29, 1.82) is 0 Å². The van der Waals surface area contributed by atoms with Gasteiger partial charge in [0.15, 0.2) is 0 Å². The van der Waals surface area contributed by atoms with Crippen LogP contribution in [0.1, 0.15) is 18.4 Å². The topological polar surface area (TPSA) is 29.1 Å². The van der Waals surface area contributed by atoms with Crippen molar-refractivity contribution in [2.24, 2.45) is 0 Å². The van der Waals surface area contributed by atoms with E-state index in [0.717, 1.165) is 0 Å². The predicted molar refractivity (Wildman–Crippen MR) is 66.0 cm³/mol. The molecule has 0 saturated carbocycles. The van der Waals surface area contributed by atoms with Crippen molar-refractivity contribution in [2.75, 3.05) is 6.54 Å². The van der Waals surface area contributed by atoms with Gasteiger partial charge in [-0.05, 0) is 18.1 Å². The maximum Gasteiger partial charge on any atom is 0.150 e. The van der Waals surface area contributed by atoms with E-state index >= 15 is 0 Å². The van der Waals surface area contributed by atoms with Crippen LogP contribution in [0, 0.1) is 5.82 Å². The first kappa shape index (κ1) is 13.4. The van der Waals surface area contributed by atoms with Gasteiger partial charge >= 0.3 is 0 Å². The maximum absolute atomic E-state index is 13.6. The molecule has 1 heterocycles. The van der Waals surface area contributed by atoms with E-state index in [0.29, 0.717) is 12.0 Å². The number of hydrogen-bond donors (Lipinski definition) is 1. The minimum atomic E-state index is -0.957. The van der Waals surface area contributed by atoms with E-state index in [-0.39, 0.29) is 30.2 Å². The number of aryl methyl sites for hydroxylation is 1. The van der Waals surface area contributed by atoms with Gasteiger partial charge in [0, 0.05) is 19.4 Å². The molecule has 5 heteroatoms. The van der Waals surface area contributed by atoms with Gasteiger partial charge in [-0.1, -0.05) is 23.7 Å². The Hall–Kier alpha value is -1.00. The van der Waals surface area contributed by atoms with Gasteiger partial charge in [0.05, 0.1) is 11.1 Å². The van der Waals surface area contributed by atoms with Crippen molar-refractivity contribution in [3.05, 3.63) is 34.6 Å². The third-order valence-electron chi connectivity index (χ3n) is 3.14. The first-order chi connectivity index (χ1) is 8.58. The van der Waals surface area contributed by atoms with Gasteiger partial charge < -0.3 is 5.32 Å². The second-order valence-corrected chi connectivity index (χ2v) is 4.88. The lowest BCUT2D eigenvalue weighted by Crippen LogP contribution is -2.30. The molecule has 1 saturated heterocycles. The molecule has 1 aromatic rings. The molecule has 1 aliphatic heterocycles. The third kappa shape index (κ3) is 3.06. The van der Waals surface area contributed by atoms with Crippen molar-refractivity contribution < 1.29 is 13.6 Å². The highest BCUT2D eigenvalue weighted by Gasteiger charge is 2.28. The van der Waals surface area contributed by atoms with Gasteiger partial charge in [0.25, 0.3) is 0 Å². The lowest BCUT2D eigenvalue weighted by molar-refractivity contribution is -0.120. The predicted octanol–water partition coefficient (Wildman–Crippen LogP) is 2.68. The third-order valence-corrected chi connectivity index (χ3v) is 3.43. The standard InChI is InChI=1S/C13H14ClF2NO/c14-10-3-1-2-8(13(10)16)4-5-12(18)11-6-9(15)7-17-11/h1-3,9,11,17H,4-7H2/t9-,11+/m1/s1. The second kappa shape index (κ2) is 5.76. The summed E-state index contributed by atoms with van der Waals surface area (Å²) in [5.74, 6) is -0.552. The fourth-order valence-electron chi connectivity index (χ4n) is 2.11. The molecule has 0 spiro atoms. The summed E-state index contributed by atoms with van der Waals surface area (Å²) in [5.41, 5.74) is 0.422. The van der Waals surface area contributed by atoms with Crippen LogP contribution in [0.2, 0.25) is 5.02 Å². The number of benzene rings is 1. The summed E-state index contributed by atoms with van der Waals surface area (Å²) in [6.07, 6.45) is -0.249. The smallest absolute Gasteiger partial charge is 0.150 e. The van der Waals surface area contributed by atoms with Gasteiger partial charge in [0.2, 0.25) is 0 Å². The maximum atomic E-state index is 13.6. The van der Waals surface area contributed by atoms with E-state index in [4.69, 9.17) is 11.6 Å². The zero-order valence-electron chi connectivity index (χ0n) is 9.76. The first-order valence-corrected chi connectivity index (χ1v) is 6.29. The van der Waals surface area contributed by atoms with E-state index in [1.54, 1.807) is 12.1 Å². The van der Waals surface area contributed by atoms with Crippen molar-refractivity contribution in [1.82, 2.24) is 5.32 Å². The quantitative estimate of drug-likeness (QED) is 0.914. The summed E-state index contributed by atoms with van der Waals surface area (Å²) >= 11 is 5.65. The molecule has 1 fully saturated rings. The van der Waals surface area contributed by atoms with E-state index in [1.807, 2.05) is 0 Å². The van der Waals surface area contributed by atoms with Gasteiger partial charge in [-0.25, -0.2) is 8.78 Å². The Bertz CT molecular complexity index is 453. The van der Waals surface area contributed by atoms with Crippen molar-refractivity contribution in [2.45, 2.75) is 31.5 Å². The molecule has 2 atom stereocenters. The highest BCUT2D eigenvalue weighted by molar-refractivity contribution is 6.30. The Kier molecular flexibility index (Phi) is 4.30. The van der Waals surface area contributed by atoms with E-state index in [2.05, 4.69) is 5.32 Å². The summed E-state index contributed by atoms with van der Waals surface area (Å²) in [5, 5.41) is 2.88. The number of carbonyl (C=O) groups is 1. The monoisotopic (exact) mass is 273 g/mol. The number of alkyl halides is 1. The van der Waals surface area contributed by atoms with E-state index in [9.17, 15) is 13.6 Å². The van der Waals surface area contributed by atoms with E-state index < -0.39 is 18.0 Å². The highest BCUT2D eigenvalue weighted by Crippen LogP contribution is 2.20. The van der Waals surface area contributed by atoms with Crippen molar-refractivity contribution in [3.8, 4) is 0 Å². The van der Waals surface area contributed by atoms with E-state index in [1.165, 1.54) is 6.07 Å². The van der Waals surface area contributed by atoms with Gasteiger partial charge in [-0.3, -0.25) is 4.79 Å². The molecule has 98 valence electrons. The average molecular weight is 274 g/mol. The van der Waals surface area contributed by atoms with Crippen molar-refractivity contribution >= 4 is 17.4 Å². The molecule has 1 aliphatic rings. The zero-order valence-corrected chi connectivity index (χ0v) is 10.5. The Labute approximate surface area is 109 Å². The molecule has 0 aliphatic carbocycles.